The normalized spacial score (nSPS) is 10.8. The van der Waals surface area contributed by atoms with Crippen molar-refractivity contribution in [3.8, 4) is 5.69 Å². The highest BCUT2D eigenvalue weighted by atomic mass is 19.1. The number of aryl methyl sites for hydroxylation is 2. The van der Waals surface area contributed by atoms with Crippen LogP contribution in [-0.2, 0) is 6.54 Å². The van der Waals surface area contributed by atoms with Gasteiger partial charge in [0.2, 0.25) is 5.69 Å². The monoisotopic (exact) mass is 396 g/mol. The van der Waals surface area contributed by atoms with Crippen molar-refractivity contribution in [3.63, 3.8) is 0 Å². The number of halogens is 1. The summed E-state index contributed by atoms with van der Waals surface area (Å²) in [5.74, 6) is -1.16. The van der Waals surface area contributed by atoms with Crippen molar-refractivity contribution in [3.05, 3.63) is 91.5 Å². The van der Waals surface area contributed by atoms with E-state index >= 15 is 0 Å². The van der Waals surface area contributed by atoms with Gasteiger partial charge in [0.1, 0.15) is 5.82 Å². The lowest BCUT2D eigenvalue weighted by molar-refractivity contribution is 0.0946. The Bertz CT molecular complexity index is 1200. The zero-order valence-corrected chi connectivity index (χ0v) is 16.4. The standard InChI is InChI=1S/C21H21FN4O3/c1-4-23-19(27)18-20(28)25(12-15-6-5-7-16(22)11-15)21(29)26(24-18)17-9-8-13(2)14(3)10-17/h5-11H,4,12H2,1-3H3,(H,23,27). The Balaban J connectivity index is 2.24. The zero-order chi connectivity index (χ0) is 21.1. The molecule has 1 aromatic heterocycles. The van der Waals surface area contributed by atoms with Crippen LogP contribution in [0.15, 0.2) is 52.1 Å². The van der Waals surface area contributed by atoms with Gasteiger partial charge in [-0.1, -0.05) is 18.2 Å². The molecule has 0 saturated carbocycles. The van der Waals surface area contributed by atoms with Crippen LogP contribution in [0.3, 0.4) is 0 Å². The third-order valence-corrected chi connectivity index (χ3v) is 4.58. The average Bonchev–Trinajstić information content (AvgIpc) is 2.68. The van der Waals surface area contributed by atoms with Crippen molar-refractivity contribution in [2.75, 3.05) is 6.54 Å². The third kappa shape index (κ3) is 4.16. The highest BCUT2D eigenvalue weighted by Crippen LogP contribution is 2.12. The zero-order valence-electron chi connectivity index (χ0n) is 16.4. The van der Waals surface area contributed by atoms with Crippen LogP contribution in [0.1, 0.15) is 34.1 Å². The Morgan fingerprint density at radius 2 is 1.86 bits per heavy atom. The minimum absolute atomic E-state index is 0.185. The molecular weight excluding hydrogens is 375 g/mol. The molecule has 3 aromatic rings. The lowest BCUT2D eigenvalue weighted by atomic mass is 10.1. The van der Waals surface area contributed by atoms with Crippen LogP contribution in [0.4, 0.5) is 4.39 Å². The molecule has 150 valence electrons. The second-order valence-electron chi connectivity index (χ2n) is 6.69. The van der Waals surface area contributed by atoms with Gasteiger partial charge in [0.15, 0.2) is 0 Å². The molecule has 8 heteroatoms. The number of benzene rings is 2. The molecule has 1 amide bonds. The van der Waals surface area contributed by atoms with E-state index in [2.05, 4.69) is 10.4 Å². The van der Waals surface area contributed by atoms with Crippen molar-refractivity contribution >= 4 is 5.91 Å². The quantitative estimate of drug-likeness (QED) is 0.714. The summed E-state index contributed by atoms with van der Waals surface area (Å²) in [6, 6.07) is 10.9. The van der Waals surface area contributed by atoms with Gasteiger partial charge in [-0.15, -0.1) is 0 Å². The molecule has 0 spiro atoms. The molecule has 0 atom stereocenters. The smallest absolute Gasteiger partial charge is 0.351 e. The van der Waals surface area contributed by atoms with E-state index in [9.17, 15) is 18.8 Å². The first-order valence-corrected chi connectivity index (χ1v) is 9.16. The van der Waals surface area contributed by atoms with Crippen molar-refractivity contribution in [1.29, 1.82) is 0 Å². The Kier molecular flexibility index (Phi) is 5.72. The predicted octanol–water partition coefficient (Wildman–Crippen LogP) is 1.95. The maximum absolute atomic E-state index is 13.6. The number of carbonyl (C=O) groups excluding carboxylic acids is 1. The molecule has 2 aromatic carbocycles. The third-order valence-electron chi connectivity index (χ3n) is 4.58. The summed E-state index contributed by atoms with van der Waals surface area (Å²) in [7, 11) is 0. The van der Waals surface area contributed by atoms with Gasteiger partial charge in [-0.2, -0.15) is 9.78 Å². The van der Waals surface area contributed by atoms with Crippen LogP contribution in [-0.4, -0.2) is 26.8 Å². The lowest BCUT2D eigenvalue weighted by Gasteiger charge is -2.13. The van der Waals surface area contributed by atoms with E-state index in [1.807, 2.05) is 19.9 Å². The fraction of sp³-hybridized carbons (Fsp3) is 0.238. The maximum atomic E-state index is 13.6. The van der Waals surface area contributed by atoms with Gasteiger partial charge < -0.3 is 5.32 Å². The number of nitrogens with one attached hydrogen (secondary N) is 1. The number of hydrogen-bond donors (Lipinski definition) is 1. The molecule has 29 heavy (non-hydrogen) atoms. The largest absolute Gasteiger partial charge is 0.352 e. The fourth-order valence-electron chi connectivity index (χ4n) is 2.88. The average molecular weight is 396 g/mol. The van der Waals surface area contributed by atoms with Crippen LogP contribution in [0.5, 0.6) is 0 Å². The molecular formula is C21H21FN4O3. The first-order valence-electron chi connectivity index (χ1n) is 9.16. The Labute approximate surface area is 166 Å². The first kappa shape index (κ1) is 20.2. The Morgan fingerprint density at radius 3 is 2.52 bits per heavy atom. The van der Waals surface area contributed by atoms with Gasteiger partial charge in [0, 0.05) is 6.54 Å². The van der Waals surface area contributed by atoms with Crippen LogP contribution in [0.2, 0.25) is 0 Å². The van der Waals surface area contributed by atoms with E-state index in [0.717, 1.165) is 20.4 Å². The summed E-state index contributed by atoms with van der Waals surface area (Å²) in [5, 5.41) is 6.57. The van der Waals surface area contributed by atoms with Crippen molar-refractivity contribution < 1.29 is 9.18 Å². The second kappa shape index (κ2) is 8.22. The topological polar surface area (TPSA) is 86.0 Å². The number of nitrogens with zero attached hydrogens (tertiary/aromatic N) is 3. The fourth-order valence-corrected chi connectivity index (χ4v) is 2.88. The molecule has 0 fully saturated rings. The highest BCUT2D eigenvalue weighted by molar-refractivity contribution is 5.91. The number of amides is 1. The minimum Gasteiger partial charge on any atom is -0.351 e. The SMILES string of the molecule is CCNC(=O)c1nn(-c2ccc(C)c(C)c2)c(=O)n(Cc2cccc(F)c2)c1=O. The molecule has 0 aliphatic rings. The van der Waals surface area contributed by atoms with E-state index in [1.54, 1.807) is 25.1 Å². The molecule has 0 aliphatic carbocycles. The molecule has 7 nitrogen and oxygen atoms in total. The van der Waals surface area contributed by atoms with Gasteiger partial charge in [0.05, 0.1) is 12.2 Å². The number of rotatable bonds is 5. The Morgan fingerprint density at radius 1 is 1.10 bits per heavy atom. The number of aromatic nitrogens is 3. The van der Waals surface area contributed by atoms with Gasteiger partial charge in [-0.05, 0) is 61.7 Å². The summed E-state index contributed by atoms with van der Waals surface area (Å²) < 4.78 is 15.5. The van der Waals surface area contributed by atoms with Crippen LogP contribution < -0.4 is 16.6 Å². The molecule has 1 heterocycles. The summed E-state index contributed by atoms with van der Waals surface area (Å²) >= 11 is 0. The van der Waals surface area contributed by atoms with Crippen molar-refractivity contribution in [2.24, 2.45) is 0 Å². The summed E-state index contributed by atoms with van der Waals surface area (Å²) in [6.45, 7) is 5.64. The minimum atomic E-state index is -0.828. The predicted molar refractivity (Wildman–Crippen MR) is 107 cm³/mol. The van der Waals surface area contributed by atoms with E-state index < -0.39 is 28.7 Å². The van der Waals surface area contributed by atoms with E-state index in [0.29, 0.717) is 17.8 Å². The molecule has 0 radical (unpaired) electrons. The molecule has 0 aliphatic heterocycles. The van der Waals surface area contributed by atoms with Gasteiger partial charge in [-0.3, -0.25) is 14.2 Å². The number of carbonyl (C=O) groups is 1. The van der Waals surface area contributed by atoms with Gasteiger partial charge >= 0.3 is 5.69 Å². The summed E-state index contributed by atoms with van der Waals surface area (Å²) in [5.41, 5.74) is 0.861. The molecule has 0 bridgehead atoms. The van der Waals surface area contributed by atoms with Crippen LogP contribution in [0, 0.1) is 19.7 Å². The van der Waals surface area contributed by atoms with E-state index in [1.165, 1.54) is 18.2 Å². The molecule has 3 rings (SSSR count). The van der Waals surface area contributed by atoms with Crippen LogP contribution >= 0.6 is 0 Å². The van der Waals surface area contributed by atoms with E-state index in [-0.39, 0.29) is 6.54 Å². The lowest BCUT2D eigenvalue weighted by Crippen LogP contribution is -2.46. The van der Waals surface area contributed by atoms with Crippen molar-refractivity contribution in [2.45, 2.75) is 27.3 Å². The molecule has 0 unspecified atom stereocenters. The van der Waals surface area contributed by atoms with Crippen LogP contribution in [0.25, 0.3) is 5.69 Å². The van der Waals surface area contributed by atoms with E-state index in [4.69, 9.17) is 0 Å². The van der Waals surface area contributed by atoms with Gasteiger partial charge in [-0.25, -0.2) is 9.18 Å². The first-order chi connectivity index (χ1) is 13.8. The van der Waals surface area contributed by atoms with Crippen molar-refractivity contribution in [1.82, 2.24) is 19.7 Å². The molecule has 1 N–H and O–H groups in total. The molecule has 0 saturated heterocycles. The summed E-state index contributed by atoms with van der Waals surface area (Å²) in [6.07, 6.45) is 0. The second-order valence-corrected chi connectivity index (χ2v) is 6.69. The Hall–Kier alpha value is -3.55. The summed E-state index contributed by atoms with van der Waals surface area (Å²) in [4.78, 5) is 38.3. The highest BCUT2D eigenvalue weighted by Gasteiger charge is 2.20. The van der Waals surface area contributed by atoms with Gasteiger partial charge in [0.25, 0.3) is 11.5 Å². The number of hydrogen-bond acceptors (Lipinski definition) is 4. The maximum Gasteiger partial charge on any atom is 0.352 e.